The Morgan fingerprint density at radius 3 is 2.69 bits per heavy atom. The van der Waals surface area contributed by atoms with Crippen molar-refractivity contribution in [3.8, 4) is 0 Å². The van der Waals surface area contributed by atoms with Gasteiger partial charge in [-0.3, -0.25) is 0 Å². The fraction of sp³-hybridized carbons (Fsp3) is 0.111. The topological polar surface area (TPSA) is 50.7 Å². The molecule has 0 aliphatic carbocycles. The smallest absolute Gasteiger partial charge is 0.180 e. The zero-order valence-electron chi connectivity index (χ0n) is 7.34. The lowest BCUT2D eigenvalue weighted by Crippen LogP contribution is -2.03. The molecule has 0 aliphatic rings. The Kier molecular flexibility index (Phi) is 4.05. The molecule has 1 rings (SSSR count). The van der Waals surface area contributed by atoms with Crippen molar-refractivity contribution in [1.82, 2.24) is 0 Å². The van der Waals surface area contributed by atoms with E-state index in [4.69, 9.17) is 5.73 Å². The van der Waals surface area contributed by atoms with E-state index in [-0.39, 0.29) is 0 Å². The molecule has 0 amide bonds. The summed E-state index contributed by atoms with van der Waals surface area (Å²) in [5, 5.41) is 8.06. The van der Waals surface area contributed by atoms with Gasteiger partial charge in [0.2, 0.25) is 0 Å². The molecular weight excluding hydrogens is 182 g/mol. The van der Waals surface area contributed by atoms with Gasteiger partial charge in [-0.25, -0.2) is 0 Å². The molecule has 3 nitrogen and oxygen atoms in total. The summed E-state index contributed by atoms with van der Waals surface area (Å²) < 4.78 is 0. The molecule has 0 aromatic heterocycles. The highest BCUT2D eigenvalue weighted by molar-refractivity contribution is 8.13. The van der Waals surface area contributed by atoms with Crippen LogP contribution >= 0.6 is 11.8 Å². The van der Waals surface area contributed by atoms with Crippen molar-refractivity contribution in [1.29, 1.82) is 0 Å². The second kappa shape index (κ2) is 5.37. The van der Waals surface area contributed by atoms with Crippen LogP contribution in [0.2, 0.25) is 0 Å². The van der Waals surface area contributed by atoms with Crippen LogP contribution in [0.5, 0.6) is 0 Å². The van der Waals surface area contributed by atoms with Crippen LogP contribution in [0.4, 0.5) is 0 Å². The third kappa shape index (κ3) is 3.75. The van der Waals surface area contributed by atoms with Crippen LogP contribution in [0.15, 0.2) is 40.5 Å². The SMILES string of the molecule is CSC(N)=NN=Cc1ccccc1. The lowest BCUT2D eigenvalue weighted by atomic mass is 10.2. The molecule has 0 aliphatic heterocycles. The summed E-state index contributed by atoms with van der Waals surface area (Å²) in [6, 6.07) is 9.76. The van der Waals surface area contributed by atoms with Gasteiger partial charge in [0.25, 0.3) is 0 Å². The predicted molar refractivity (Wildman–Crippen MR) is 59.2 cm³/mol. The standard InChI is InChI=1S/C9H11N3S/c1-13-9(10)12-11-7-8-5-3-2-4-6-8/h2-7H,1H3,(H2,10,12). The molecule has 0 spiro atoms. The van der Waals surface area contributed by atoms with Crippen molar-refractivity contribution in [2.75, 3.05) is 6.26 Å². The Bertz CT molecular complexity index is 306. The second-order valence-electron chi connectivity index (χ2n) is 2.30. The quantitative estimate of drug-likeness (QED) is 0.441. The van der Waals surface area contributed by atoms with Gasteiger partial charge in [0.05, 0.1) is 6.21 Å². The number of nitrogens with zero attached hydrogens (tertiary/aromatic N) is 2. The Balaban J connectivity index is 2.60. The van der Waals surface area contributed by atoms with Gasteiger partial charge < -0.3 is 5.73 Å². The molecule has 1 aromatic rings. The number of rotatable bonds is 2. The number of thioether (sulfide) groups is 1. The molecule has 68 valence electrons. The molecule has 2 N–H and O–H groups in total. The molecule has 1 aromatic carbocycles. The van der Waals surface area contributed by atoms with E-state index < -0.39 is 0 Å². The van der Waals surface area contributed by atoms with Crippen LogP contribution in [-0.2, 0) is 0 Å². The Labute approximate surface area is 81.8 Å². The first kappa shape index (κ1) is 9.80. The number of amidine groups is 1. The fourth-order valence-electron chi connectivity index (χ4n) is 0.732. The lowest BCUT2D eigenvalue weighted by Gasteiger charge is -1.89. The van der Waals surface area contributed by atoms with Crippen molar-refractivity contribution in [2.24, 2.45) is 15.9 Å². The van der Waals surface area contributed by atoms with Crippen LogP contribution in [0.1, 0.15) is 5.56 Å². The summed E-state index contributed by atoms with van der Waals surface area (Å²) in [5.41, 5.74) is 6.45. The maximum atomic E-state index is 5.44. The Hall–Kier alpha value is -1.29. The summed E-state index contributed by atoms with van der Waals surface area (Å²) in [6.45, 7) is 0. The number of nitrogens with two attached hydrogens (primary N) is 1. The van der Waals surface area contributed by atoms with E-state index in [1.54, 1.807) is 6.21 Å². The Morgan fingerprint density at radius 2 is 2.08 bits per heavy atom. The molecule has 0 heterocycles. The lowest BCUT2D eigenvalue weighted by molar-refractivity contribution is 1.25. The average molecular weight is 193 g/mol. The van der Waals surface area contributed by atoms with Gasteiger partial charge in [0.15, 0.2) is 5.17 Å². The van der Waals surface area contributed by atoms with Crippen molar-refractivity contribution in [3.05, 3.63) is 35.9 Å². The highest BCUT2D eigenvalue weighted by Crippen LogP contribution is 1.95. The fourth-order valence-corrected chi connectivity index (χ4v) is 0.861. The van der Waals surface area contributed by atoms with Crippen molar-refractivity contribution >= 4 is 23.1 Å². The third-order valence-corrected chi connectivity index (χ3v) is 1.87. The molecule has 0 atom stereocenters. The van der Waals surface area contributed by atoms with Gasteiger partial charge in [0, 0.05) is 0 Å². The highest BCUT2D eigenvalue weighted by Gasteiger charge is 1.84. The summed E-state index contributed by atoms with van der Waals surface area (Å²) in [5.74, 6) is 0. The molecular formula is C9H11N3S. The van der Waals surface area contributed by atoms with Gasteiger partial charge in [-0.2, -0.15) is 5.10 Å². The van der Waals surface area contributed by atoms with Gasteiger partial charge in [-0.15, -0.1) is 5.10 Å². The highest BCUT2D eigenvalue weighted by atomic mass is 32.2. The van der Waals surface area contributed by atoms with Gasteiger partial charge >= 0.3 is 0 Å². The minimum Gasteiger partial charge on any atom is -0.377 e. The summed E-state index contributed by atoms with van der Waals surface area (Å²) >= 11 is 1.37. The summed E-state index contributed by atoms with van der Waals surface area (Å²) in [6.07, 6.45) is 3.53. The normalized spacial score (nSPS) is 12.2. The van der Waals surface area contributed by atoms with Gasteiger partial charge in [-0.1, -0.05) is 42.1 Å². The van der Waals surface area contributed by atoms with Crippen molar-refractivity contribution in [3.63, 3.8) is 0 Å². The minimum absolute atomic E-state index is 0.465. The van der Waals surface area contributed by atoms with E-state index in [2.05, 4.69) is 10.2 Å². The summed E-state index contributed by atoms with van der Waals surface area (Å²) in [4.78, 5) is 0. The van der Waals surface area contributed by atoms with Crippen LogP contribution in [0.3, 0.4) is 0 Å². The number of hydrogen-bond acceptors (Lipinski definition) is 3. The van der Waals surface area contributed by atoms with E-state index in [1.165, 1.54) is 11.8 Å². The molecule has 0 bridgehead atoms. The van der Waals surface area contributed by atoms with Crippen LogP contribution in [0.25, 0.3) is 0 Å². The molecule has 0 saturated heterocycles. The maximum absolute atomic E-state index is 5.44. The average Bonchev–Trinajstić information content (AvgIpc) is 2.19. The number of hydrogen-bond donors (Lipinski definition) is 1. The second-order valence-corrected chi connectivity index (χ2v) is 3.12. The molecule has 0 saturated carbocycles. The van der Waals surface area contributed by atoms with Crippen molar-refractivity contribution < 1.29 is 0 Å². The molecule has 0 radical (unpaired) electrons. The minimum atomic E-state index is 0.465. The maximum Gasteiger partial charge on any atom is 0.180 e. The van der Waals surface area contributed by atoms with E-state index in [0.717, 1.165) is 5.56 Å². The van der Waals surface area contributed by atoms with Gasteiger partial charge in [-0.05, 0) is 11.8 Å². The molecule has 4 heteroatoms. The molecule has 0 fully saturated rings. The first-order valence-corrected chi connectivity index (χ1v) is 5.01. The molecule has 13 heavy (non-hydrogen) atoms. The zero-order chi connectivity index (χ0) is 9.52. The molecule has 0 unspecified atom stereocenters. The van der Waals surface area contributed by atoms with E-state index in [0.29, 0.717) is 5.17 Å². The first-order chi connectivity index (χ1) is 6.33. The number of benzene rings is 1. The first-order valence-electron chi connectivity index (χ1n) is 3.78. The Morgan fingerprint density at radius 1 is 1.38 bits per heavy atom. The van der Waals surface area contributed by atoms with Gasteiger partial charge in [0.1, 0.15) is 0 Å². The zero-order valence-corrected chi connectivity index (χ0v) is 8.16. The van der Waals surface area contributed by atoms with Crippen LogP contribution in [0, 0.1) is 0 Å². The van der Waals surface area contributed by atoms with Crippen molar-refractivity contribution in [2.45, 2.75) is 0 Å². The third-order valence-electron chi connectivity index (χ3n) is 1.37. The predicted octanol–water partition coefficient (Wildman–Crippen LogP) is 1.70. The van der Waals surface area contributed by atoms with E-state index >= 15 is 0 Å². The van der Waals surface area contributed by atoms with E-state index in [9.17, 15) is 0 Å². The van der Waals surface area contributed by atoms with Crippen LogP contribution < -0.4 is 5.73 Å². The monoisotopic (exact) mass is 193 g/mol. The van der Waals surface area contributed by atoms with E-state index in [1.807, 2.05) is 36.6 Å². The van der Waals surface area contributed by atoms with Crippen LogP contribution in [-0.4, -0.2) is 17.6 Å². The summed E-state index contributed by atoms with van der Waals surface area (Å²) in [7, 11) is 0. The largest absolute Gasteiger partial charge is 0.377 e.